The van der Waals surface area contributed by atoms with Crippen molar-refractivity contribution in [3.63, 3.8) is 0 Å². The van der Waals surface area contributed by atoms with Crippen molar-refractivity contribution in [2.45, 2.75) is 23.8 Å². The van der Waals surface area contributed by atoms with Crippen LogP contribution in [0.4, 0.5) is 0 Å². The van der Waals surface area contributed by atoms with Gasteiger partial charge < -0.3 is 9.47 Å². The van der Waals surface area contributed by atoms with Crippen LogP contribution in [0, 0.1) is 0 Å². The number of hydrogen-bond donors (Lipinski definition) is 0. The molecule has 0 amide bonds. The first kappa shape index (κ1) is 18.0. The van der Waals surface area contributed by atoms with Gasteiger partial charge in [0.25, 0.3) is 0 Å². The lowest BCUT2D eigenvalue weighted by atomic mass is 10.1. The summed E-state index contributed by atoms with van der Waals surface area (Å²) in [6.45, 7) is 0.465. The second-order valence-corrected chi connectivity index (χ2v) is 8.11. The molecule has 1 heterocycles. The molecule has 0 spiro atoms. The van der Waals surface area contributed by atoms with E-state index < -0.39 is 10.0 Å². The summed E-state index contributed by atoms with van der Waals surface area (Å²) in [6.07, 6.45) is 1.54. The van der Waals surface area contributed by atoms with E-state index in [0.29, 0.717) is 23.1 Å². The number of rotatable bonds is 5. The summed E-state index contributed by atoms with van der Waals surface area (Å²) in [6, 6.07) is 11.8. The van der Waals surface area contributed by atoms with Crippen LogP contribution < -0.4 is 9.47 Å². The van der Waals surface area contributed by atoms with E-state index in [4.69, 9.17) is 21.1 Å². The Hall–Kier alpha value is -1.76. The normalized spacial score (nSPS) is 18.3. The first-order chi connectivity index (χ1) is 12.0. The van der Waals surface area contributed by atoms with Gasteiger partial charge in [0.1, 0.15) is 0 Å². The van der Waals surface area contributed by atoms with E-state index in [2.05, 4.69) is 0 Å². The van der Waals surface area contributed by atoms with Crippen molar-refractivity contribution in [1.29, 1.82) is 0 Å². The molecular weight excluding hydrogens is 362 g/mol. The zero-order valence-corrected chi connectivity index (χ0v) is 15.7. The topological polar surface area (TPSA) is 55.8 Å². The zero-order chi connectivity index (χ0) is 18.0. The molecule has 0 aliphatic carbocycles. The molecule has 1 saturated heterocycles. The third-order valence-corrected chi connectivity index (χ3v) is 6.68. The molecule has 1 aliphatic rings. The van der Waals surface area contributed by atoms with Crippen molar-refractivity contribution < 1.29 is 17.9 Å². The van der Waals surface area contributed by atoms with Crippen LogP contribution in [0.1, 0.15) is 24.4 Å². The quantitative estimate of drug-likeness (QED) is 0.788. The second-order valence-electron chi connectivity index (χ2n) is 5.81. The lowest BCUT2D eigenvalue weighted by Gasteiger charge is -2.25. The molecular formula is C18H20ClNO4S. The summed E-state index contributed by atoms with van der Waals surface area (Å²) in [7, 11) is -0.675. The number of nitrogens with zero attached hydrogens (tertiary/aromatic N) is 1. The highest BCUT2D eigenvalue weighted by atomic mass is 35.5. The van der Waals surface area contributed by atoms with Crippen molar-refractivity contribution in [1.82, 2.24) is 4.31 Å². The van der Waals surface area contributed by atoms with Crippen LogP contribution in [0.2, 0.25) is 5.02 Å². The molecule has 1 aliphatic heterocycles. The van der Waals surface area contributed by atoms with Gasteiger partial charge in [0.2, 0.25) is 10.0 Å². The molecule has 5 nitrogen and oxygen atoms in total. The van der Waals surface area contributed by atoms with Crippen molar-refractivity contribution in [3.8, 4) is 11.5 Å². The number of benzene rings is 2. The Labute approximate surface area is 153 Å². The number of halogens is 1. The zero-order valence-electron chi connectivity index (χ0n) is 14.1. The Morgan fingerprint density at radius 3 is 2.48 bits per heavy atom. The van der Waals surface area contributed by atoms with Gasteiger partial charge in [-0.3, -0.25) is 0 Å². The summed E-state index contributed by atoms with van der Waals surface area (Å²) < 4.78 is 38.3. The van der Waals surface area contributed by atoms with E-state index in [0.717, 1.165) is 18.4 Å². The van der Waals surface area contributed by atoms with Crippen LogP contribution >= 0.6 is 11.6 Å². The van der Waals surface area contributed by atoms with Crippen LogP contribution in [0.5, 0.6) is 11.5 Å². The number of methoxy groups -OCH3 is 2. The van der Waals surface area contributed by atoms with Crippen LogP contribution in [-0.4, -0.2) is 33.5 Å². The molecule has 0 N–H and O–H groups in total. The monoisotopic (exact) mass is 381 g/mol. The highest BCUT2D eigenvalue weighted by molar-refractivity contribution is 7.89. The third-order valence-electron chi connectivity index (χ3n) is 4.43. The van der Waals surface area contributed by atoms with Crippen molar-refractivity contribution in [2.24, 2.45) is 0 Å². The molecule has 0 saturated carbocycles. The maximum absolute atomic E-state index is 13.2. The average molecular weight is 382 g/mol. The van der Waals surface area contributed by atoms with Crippen molar-refractivity contribution in [3.05, 3.63) is 53.1 Å². The lowest BCUT2D eigenvalue weighted by Crippen LogP contribution is -2.30. The van der Waals surface area contributed by atoms with Crippen molar-refractivity contribution in [2.75, 3.05) is 20.8 Å². The van der Waals surface area contributed by atoms with Crippen LogP contribution in [0.3, 0.4) is 0 Å². The minimum Gasteiger partial charge on any atom is -0.493 e. The summed E-state index contributed by atoms with van der Waals surface area (Å²) in [5.74, 6) is 0.877. The van der Waals surface area contributed by atoms with Gasteiger partial charge in [-0.05, 0) is 36.6 Å². The summed E-state index contributed by atoms with van der Waals surface area (Å²) in [5, 5.41) is 0.585. The predicted octanol–water partition coefficient (Wildman–Crippen LogP) is 3.88. The first-order valence-corrected chi connectivity index (χ1v) is 9.79. The van der Waals surface area contributed by atoms with Gasteiger partial charge in [0.15, 0.2) is 11.5 Å². The summed E-state index contributed by atoms with van der Waals surface area (Å²) >= 11 is 6.29. The van der Waals surface area contributed by atoms with E-state index in [-0.39, 0.29) is 10.9 Å². The molecule has 0 unspecified atom stereocenters. The SMILES string of the molecule is COc1ccc(S(=O)(=O)N2CCC[C@H]2c2ccccc2Cl)cc1OC. The molecule has 0 bridgehead atoms. The lowest BCUT2D eigenvalue weighted by molar-refractivity contribution is 0.353. The van der Waals surface area contributed by atoms with Gasteiger partial charge in [0, 0.05) is 17.6 Å². The molecule has 2 aromatic carbocycles. The molecule has 0 radical (unpaired) electrons. The standard InChI is InChI=1S/C18H20ClNO4S/c1-23-17-10-9-13(12-18(17)24-2)25(21,22)20-11-5-8-16(20)14-6-3-4-7-15(14)19/h3-4,6-7,9-10,12,16H,5,8,11H2,1-2H3/t16-/m0/s1. The summed E-state index contributed by atoms with van der Waals surface area (Å²) in [5.41, 5.74) is 0.839. The maximum Gasteiger partial charge on any atom is 0.243 e. The summed E-state index contributed by atoms with van der Waals surface area (Å²) in [4.78, 5) is 0.184. The van der Waals surface area contributed by atoms with Gasteiger partial charge in [-0.1, -0.05) is 29.8 Å². The Morgan fingerprint density at radius 1 is 1.08 bits per heavy atom. The molecule has 0 aromatic heterocycles. The maximum atomic E-state index is 13.2. The third kappa shape index (κ3) is 3.34. The Bertz CT molecular complexity index is 869. The van der Waals surface area contributed by atoms with Gasteiger partial charge in [-0.25, -0.2) is 8.42 Å². The van der Waals surface area contributed by atoms with E-state index in [1.807, 2.05) is 18.2 Å². The van der Waals surface area contributed by atoms with E-state index in [9.17, 15) is 8.42 Å². The smallest absolute Gasteiger partial charge is 0.243 e. The van der Waals surface area contributed by atoms with E-state index in [1.165, 1.54) is 24.6 Å². The largest absolute Gasteiger partial charge is 0.493 e. The number of ether oxygens (including phenoxy) is 2. The Kier molecular flexibility index (Phi) is 5.22. The minimum atomic E-state index is -3.67. The first-order valence-electron chi connectivity index (χ1n) is 7.97. The highest BCUT2D eigenvalue weighted by Gasteiger charge is 2.37. The fourth-order valence-corrected chi connectivity index (χ4v) is 5.15. The molecule has 1 atom stereocenters. The fraction of sp³-hybridized carbons (Fsp3) is 0.333. The molecule has 25 heavy (non-hydrogen) atoms. The number of sulfonamides is 1. The van der Waals surface area contributed by atoms with Gasteiger partial charge in [-0.2, -0.15) is 4.31 Å². The molecule has 134 valence electrons. The second kappa shape index (κ2) is 7.23. The molecule has 2 aromatic rings. The van der Waals surface area contributed by atoms with Crippen LogP contribution in [-0.2, 0) is 10.0 Å². The van der Waals surface area contributed by atoms with Crippen LogP contribution in [0.25, 0.3) is 0 Å². The molecule has 1 fully saturated rings. The molecule has 7 heteroatoms. The average Bonchev–Trinajstić information content (AvgIpc) is 3.11. The predicted molar refractivity (Wildman–Crippen MR) is 96.9 cm³/mol. The van der Waals surface area contributed by atoms with Gasteiger partial charge in [0.05, 0.1) is 25.2 Å². The Balaban J connectivity index is 2.00. The Morgan fingerprint density at radius 2 is 1.80 bits per heavy atom. The highest BCUT2D eigenvalue weighted by Crippen LogP contribution is 2.40. The fourth-order valence-electron chi connectivity index (χ4n) is 3.20. The minimum absolute atomic E-state index is 0.184. The van der Waals surface area contributed by atoms with E-state index in [1.54, 1.807) is 18.2 Å². The van der Waals surface area contributed by atoms with Gasteiger partial charge in [-0.15, -0.1) is 0 Å². The van der Waals surface area contributed by atoms with Gasteiger partial charge >= 0.3 is 0 Å². The van der Waals surface area contributed by atoms with E-state index >= 15 is 0 Å². The number of hydrogen-bond acceptors (Lipinski definition) is 4. The van der Waals surface area contributed by atoms with Crippen molar-refractivity contribution >= 4 is 21.6 Å². The van der Waals surface area contributed by atoms with Crippen LogP contribution in [0.15, 0.2) is 47.4 Å². The molecule has 3 rings (SSSR count).